The largest absolute Gasteiger partial charge is 0.497 e. The molecule has 5 heteroatoms. The summed E-state index contributed by atoms with van der Waals surface area (Å²) in [6.07, 6.45) is 0. The highest BCUT2D eigenvalue weighted by atomic mass is 16.5. The maximum atomic E-state index is 13.0. The molecule has 1 heterocycles. The Balaban J connectivity index is 1.81. The molecule has 1 unspecified atom stereocenters. The Morgan fingerprint density at radius 3 is 2.57 bits per heavy atom. The van der Waals surface area contributed by atoms with Crippen LogP contribution in [0.5, 0.6) is 5.75 Å². The van der Waals surface area contributed by atoms with Crippen LogP contribution >= 0.6 is 0 Å². The standard InChI is InChI=1S/C25H25N3O2/c1-28(2)16-17-8-7-11-19(14-17)26-24(18-9-5-4-6-10-18)23-21-13-12-20(30-3)15-22(21)27-25(23)29/h4-15,23H,16H2,1-3H3,(H,27,29). The Labute approximate surface area is 177 Å². The highest BCUT2D eigenvalue weighted by molar-refractivity contribution is 6.24. The molecule has 4 rings (SSSR count). The van der Waals surface area contributed by atoms with Gasteiger partial charge in [-0.2, -0.15) is 0 Å². The van der Waals surface area contributed by atoms with Crippen molar-refractivity contribution in [1.82, 2.24) is 4.90 Å². The number of hydrogen-bond acceptors (Lipinski definition) is 4. The number of rotatable bonds is 6. The third-order valence-electron chi connectivity index (χ3n) is 5.09. The summed E-state index contributed by atoms with van der Waals surface area (Å²) in [4.78, 5) is 20.1. The second kappa shape index (κ2) is 8.51. The van der Waals surface area contributed by atoms with Gasteiger partial charge in [-0.05, 0) is 49.0 Å². The molecule has 0 saturated heterocycles. The first kappa shape index (κ1) is 19.9. The molecule has 5 nitrogen and oxygen atoms in total. The van der Waals surface area contributed by atoms with Crippen molar-refractivity contribution in [3.8, 4) is 5.75 Å². The van der Waals surface area contributed by atoms with Gasteiger partial charge >= 0.3 is 0 Å². The molecule has 0 bridgehead atoms. The lowest BCUT2D eigenvalue weighted by Gasteiger charge is -2.15. The van der Waals surface area contributed by atoms with Gasteiger partial charge in [0.15, 0.2) is 0 Å². The number of hydrogen-bond donors (Lipinski definition) is 1. The van der Waals surface area contributed by atoms with Crippen LogP contribution in [-0.4, -0.2) is 37.7 Å². The van der Waals surface area contributed by atoms with E-state index in [1.54, 1.807) is 7.11 Å². The Morgan fingerprint density at radius 1 is 1.03 bits per heavy atom. The van der Waals surface area contributed by atoms with Crippen LogP contribution in [0.1, 0.15) is 22.6 Å². The minimum atomic E-state index is -0.481. The molecular formula is C25H25N3O2. The van der Waals surface area contributed by atoms with E-state index in [9.17, 15) is 4.79 Å². The first-order valence-corrected chi connectivity index (χ1v) is 9.91. The van der Waals surface area contributed by atoms with Crippen LogP contribution in [0, 0.1) is 0 Å². The zero-order valence-corrected chi connectivity index (χ0v) is 17.4. The van der Waals surface area contributed by atoms with Gasteiger partial charge in [0.1, 0.15) is 11.7 Å². The number of nitrogens with zero attached hydrogens (tertiary/aromatic N) is 2. The fraction of sp³-hybridized carbons (Fsp3) is 0.200. The van der Waals surface area contributed by atoms with E-state index >= 15 is 0 Å². The second-order valence-corrected chi connectivity index (χ2v) is 7.65. The summed E-state index contributed by atoms with van der Waals surface area (Å²) in [6, 6.07) is 23.7. The lowest BCUT2D eigenvalue weighted by atomic mass is 9.90. The molecule has 0 fully saturated rings. The van der Waals surface area contributed by atoms with E-state index in [-0.39, 0.29) is 5.91 Å². The van der Waals surface area contributed by atoms with E-state index < -0.39 is 5.92 Å². The van der Waals surface area contributed by atoms with E-state index in [0.717, 1.165) is 34.8 Å². The normalized spacial score (nSPS) is 15.8. The smallest absolute Gasteiger partial charge is 0.238 e. The van der Waals surface area contributed by atoms with Gasteiger partial charge in [0.2, 0.25) is 5.91 Å². The quantitative estimate of drug-likeness (QED) is 0.616. The van der Waals surface area contributed by atoms with Gasteiger partial charge in [0.05, 0.1) is 18.5 Å². The summed E-state index contributed by atoms with van der Waals surface area (Å²) in [5.41, 5.74) is 5.36. The SMILES string of the molecule is COc1ccc2c(c1)NC(=O)C2C(=Nc1cccc(CN(C)C)c1)c1ccccc1. The van der Waals surface area contributed by atoms with E-state index in [4.69, 9.17) is 9.73 Å². The van der Waals surface area contributed by atoms with Crippen LogP contribution in [0.3, 0.4) is 0 Å². The van der Waals surface area contributed by atoms with Crippen molar-refractivity contribution in [1.29, 1.82) is 0 Å². The summed E-state index contributed by atoms with van der Waals surface area (Å²) in [6.45, 7) is 0.830. The number of methoxy groups -OCH3 is 1. The minimum Gasteiger partial charge on any atom is -0.497 e. The highest BCUT2D eigenvalue weighted by Crippen LogP contribution is 2.38. The molecular weight excluding hydrogens is 374 g/mol. The second-order valence-electron chi connectivity index (χ2n) is 7.65. The molecule has 0 aliphatic carbocycles. The lowest BCUT2D eigenvalue weighted by molar-refractivity contribution is -0.115. The average molecular weight is 399 g/mol. The zero-order valence-electron chi connectivity index (χ0n) is 17.4. The monoisotopic (exact) mass is 399 g/mol. The van der Waals surface area contributed by atoms with Crippen LogP contribution in [0.2, 0.25) is 0 Å². The maximum Gasteiger partial charge on any atom is 0.238 e. The fourth-order valence-corrected chi connectivity index (χ4v) is 3.77. The first-order chi connectivity index (χ1) is 14.5. The summed E-state index contributed by atoms with van der Waals surface area (Å²) in [7, 11) is 5.70. The Kier molecular flexibility index (Phi) is 5.63. The number of aliphatic imine (C=N–C) groups is 1. The Bertz CT molecular complexity index is 1090. The first-order valence-electron chi connectivity index (χ1n) is 9.91. The molecule has 0 radical (unpaired) electrons. The van der Waals surface area contributed by atoms with E-state index in [0.29, 0.717) is 5.75 Å². The molecule has 1 N–H and O–H groups in total. The van der Waals surface area contributed by atoms with Crippen molar-refractivity contribution in [3.63, 3.8) is 0 Å². The van der Waals surface area contributed by atoms with Crippen molar-refractivity contribution in [2.45, 2.75) is 12.5 Å². The van der Waals surface area contributed by atoms with Gasteiger partial charge in [0, 0.05) is 18.3 Å². The van der Waals surface area contributed by atoms with Crippen LogP contribution in [-0.2, 0) is 11.3 Å². The van der Waals surface area contributed by atoms with Crippen molar-refractivity contribution in [2.75, 3.05) is 26.5 Å². The molecule has 1 aliphatic heterocycles. The number of nitrogens with one attached hydrogen (secondary N) is 1. The van der Waals surface area contributed by atoms with Crippen molar-refractivity contribution < 1.29 is 9.53 Å². The number of ether oxygens (including phenoxy) is 1. The Hall–Kier alpha value is -3.44. The molecule has 3 aromatic carbocycles. The lowest BCUT2D eigenvalue weighted by Crippen LogP contribution is -2.22. The number of amides is 1. The molecule has 0 aromatic heterocycles. The molecule has 3 aromatic rings. The van der Waals surface area contributed by atoms with Crippen molar-refractivity contribution >= 4 is 23.0 Å². The number of anilines is 1. The van der Waals surface area contributed by atoms with Crippen LogP contribution in [0.4, 0.5) is 11.4 Å². The van der Waals surface area contributed by atoms with Gasteiger partial charge in [-0.1, -0.05) is 48.5 Å². The summed E-state index contributed by atoms with van der Waals surface area (Å²) in [5.74, 6) is 0.153. The Morgan fingerprint density at radius 2 is 1.83 bits per heavy atom. The predicted molar refractivity (Wildman–Crippen MR) is 121 cm³/mol. The third-order valence-corrected chi connectivity index (χ3v) is 5.09. The predicted octanol–water partition coefficient (Wildman–Crippen LogP) is 4.61. The maximum absolute atomic E-state index is 13.0. The molecule has 1 atom stereocenters. The van der Waals surface area contributed by atoms with E-state index in [1.165, 1.54) is 5.56 Å². The summed E-state index contributed by atoms with van der Waals surface area (Å²) in [5, 5.41) is 2.99. The molecule has 30 heavy (non-hydrogen) atoms. The number of benzene rings is 3. The fourth-order valence-electron chi connectivity index (χ4n) is 3.77. The van der Waals surface area contributed by atoms with Crippen LogP contribution < -0.4 is 10.1 Å². The highest BCUT2D eigenvalue weighted by Gasteiger charge is 2.35. The third kappa shape index (κ3) is 4.11. The van der Waals surface area contributed by atoms with Crippen molar-refractivity contribution in [3.05, 3.63) is 89.5 Å². The summed E-state index contributed by atoms with van der Waals surface area (Å²) >= 11 is 0. The number of carbonyl (C=O) groups is 1. The summed E-state index contributed by atoms with van der Waals surface area (Å²) < 4.78 is 5.31. The zero-order chi connectivity index (χ0) is 21.1. The number of carbonyl (C=O) groups excluding carboxylic acids is 1. The average Bonchev–Trinajstić information content (AvgIpc) is 3.07. The molecule has 152 valence electrons. The van der Waals surface area contributed by atoms with Gasteiger partial charge in [-0.25, -0.2) is 0 Å². The van der Waals surface area contributed by atoms with Gasteiger partial charge in [0.25, 0.3) is 0 Å². The van der Waals surface area contributed by atoms with Gasteiger partial charge in [-0.15, -0.1) is 0 Å². The molecule has 1 amide bonds. The molecule has 1 aliphatic rings. The topological polar surface area (TPSA) is 53.9 Å². The van der Waals surface area contributed by atoms with E-state index in [2.05, 4.69) is 22.3 Å². The van der Waals surface area contributed by atoms with Gasteiger partial charge in [-0.3, -0.25) is 9.79 Å². The van der Waals surface area contributed by atoms with Gasteiger partial charge < -0.3 is 15.0 Å². The van der Waals surface area contributed by atoms with Crippen LogP contribution in [0.15, 0.2) is 77.8 Å². The van der Waals surface area contributed by atoms with E-state index in [1.807, 2.05) is 74.8 Å². The molecule has 0 saturated carbocycles. The minimum absolute atomic E-state index is 0.0784. The molecule has 0 spiro atoms. The number of fused-ring (bicyclic) bond motifs is 1. The van der Waals surface area contributed by atoms with Crippen LogP contribution in [0.25, 0.3) is 0 Å². The van der Waals surface area contributed by atoms with Crippen molar-refractivity contribution in [2.24, 2.45) is 4.99 Å².